The molecule has 0 heterocycles. The summed E-state index contributed by atoms with van der Waals surface area (Å²) < 4.78 is 5.70. The van der Waals surface area contributed by atoms with Gasteiger partial charge in [0.1, 0.15) is 11.5 Å². The van der Waals surface area contributed by atoms with Crippen LogP contribution in [0.5, 0.6) is 11.5 Å². The van der Waals surface area contributed by atoms with Gasteiger partial charge in [-0.05, 0) is 36.4 Å². The number of nitriles is 1. The van der Waals surface area contributed by atoms with Crippen LogP contribution in [0.1, 0.15) is 29.3 Å². The van der Waals surface area contributed by atoms with Crippen molar-refractivity contribution in [2.75, 3.05) is 0 Å². The van der Waals surface area contributed by atoms with Crippen LogP contribution in [0.3, 0.4) is 0 Å². The van der Waals surface area contributed by atoms with E-state index in [4.69, 9.17) is 10.00 Å². The molecule has 0 spiro atoms. The number of ketones is 1. The molecule has 0 aromatic heterocycles. The summed E-state index contributed by atoms with van der Waals surface area (Å²) in [6, 6.07) is 16.0. The topological polar surface area (TPSA) is 50.1 Å². The van der Waals surface area contributed by atoms with E-state index < -0.39 is 0 Å². The molecule has 2 aromatic rings. The highest BCUT2D eigenvalue weighted by atomic mass is 16.5. The van der Waals surface area contributed by atoms with Gasteiger partial charge in [0.2, 0.25) is 0 Å². The molecule has 0 atom stereocenters. The predicted molar refractivity (Wildman–Crippen MR) is 72.3 cm³/mol. The quantitative estimate of drug-likeness (QED) is 0.773. The number of ether oxygens (including phenoxy) is 1. The molecule has 0 amide bonds. The number of Topliss-reactive ketones (excluding diaryl/α,β-unsaturated/α-hetero) is 1. The zero-order valence-corrected chi connectivity index (χ0v) is 10.6. The Balaban J connectivity index is 2.28. The molecule has 0 fully saturated rings. The predicted octanol–water partition coefficient (Wildman–Crippen LogP) is 3.94. The summed E-state index contributed by atoms with van der Waals surface area (Å²) in [5, 5.41) is 8.73. The van der Waals surface area contributed by atoms with Crippen molar-refractivity contribution in [1.82, 2.24) is 0 Å². The highest BCUT2D eigenvalue weighted by molar-refractivity contribution is 5.98. The van der Waals surface area contributed by atoms with Gasteiger partial charge in [-0.15, -0.1) is 0 Å². The number of benzene rings is 2. The number of carbonyl (C=O) groups is 1. The van der Waals surface area contributed by atoms with Gasteiger partial charge in [0.15, 0.2) is 5.78 Å². The van der Waals surface area contributed by atoms with Crippen molar-refractivity contribution >= 4 is 5.78 Å². The second-order valence-corrected chi connectivity index (χ2v) is 4.01. The van der Waals surface area contributed by atoms with Crippen LogP contribution in [0.4, 0.5) is 0 Å². The molecule has 2 aromatic carbocycles. The highest BCUT2D eigenvalue weighted by Crippen LogP contribution is 2.26. The first-order valence-electron chi connectivity index (χ1n) is 6.05. The summed E-state index contributed by atoms with van der Waals surface area (Å²) >= 11 is 0. The van der Waals surface area contributed by atoms with Crippen molar-refractivity contribution in [3.8, 4) is 17.6 Å². The van der Waals surface area contributed by atoms with E-state index in [9.17, 15) is 4.79 Å². The molecule has 94 valence electrons. The summed E-state index contributed by atoms with van der Waals surface area (Å²) in [5.41, 5.74) is 1.15. The van der Waals surface area contributed by atoms with E-state index in [1.807, 2.05) is 25.1 Å². The third-order valence-corrected chi connectivity index (χ3v) is 2.72. The Morgan fingerprint density at radius 2 is 1.84 bits per heavy atom. The fourth-order valence-electron chi connectivity index (χ4n) is 1.70. The minimum Gasteiger partial charge on any atom is -0.457 e. The molecular weight excluding hydrogens is 238 g/mol. The van der Waals surface area contributed by atoms with Crippen LogP contribution in [0.15, 0.2) is 48.5 Å². The lowest BCUT2D eigenvalue weighted by Crippen LogP contribution is -1.99. The highest BCUT2D eigenvalue weighted by Gasteiger charge is 2.10. The van der Waals surface area contributed by atoms with E-state index >= 15 is 0 Å². The van der Waals surface area contributed by atoms with Crippen molar-refractivity contribution < 1.29 is 9.53 Å². The average molecular weight is 251 g/mol. The van der Waals surface area contributed by atoms with Crippen LogP contribution in [-0.2, 0) is 0 Å². The van der Waals surface area contributed by atoms with E-state index in [-0.39, 0.29) is 5.78 Å². The van der Waals surface area contributed by atoms with Gasteiger partial charge in [0.25, 0.3) is 0 Å². The molecule has 3 nitrogen and oxygen atoms in total. The van der Waals surface area contributed by atoms with E-state index in [0.717, 1.165) is 0 Å². The van der Waals surface area contributed by atoms with Crippen molar-refractivity contribution in [3.63, 3.8) is 0 Å². The molecule has 3 heteroatoms. The Hall–Kier alpha value is -2.60. The normalized spacial score (nSPS) is 9.68. The zero-order valence-electron chi connectivity index (χ0n) is 10.6. The maximum Gasteiger partial charge on any atom is 0.166 e. The van der Waals surface area contributed by atoms with E-state index in [1.165, 1.54) is 0 Å². The van der Waals surface area contributed by atoms with Crippen molar-refractivity contribution in [2.45, 2.75) is 13.3 Å². The largest absolute Gasteiger partial charge is 0.457 e. The SMILES string of the molecule is CCC(=O)c1ccccc1Oc1ccc(C#N)cc1. The smallest absolute Gasteiger partial charge is 0.166 e. The molecule has 0 saturated carbocycles. The molecule has 0 unspecified atom stereocenters. The number of nitrogens with zero attached hydrogens (tertiary/aromatic N) is 1. The lowest BCUT2D eigenvalue weighted by atomic mass is 10.1. The summed E-state index contributed by atoms with van der Waals surface area (Å²) in [6.45, 7) is 1.82. The average Bonchev–Trinajstić information content (AvgIpc) is 2.48. The maximum atomic E-state index is 11.8. The van der Waals surface area contributed by atoms with E-state index in [2.05, 4.69) is 0 Å². The second kappa shape index (κ2) is 5.83. The first kappa shape index (κ1) is 12.8. The molecule has 0 aliphatic carbocycles. The molecular formula is C16H13NO2. The second-order valence-electron chi connectivity index (χ2n) is 4.01. The van der Waals surface area contributed by atoms with Gasteiger partial charge in [-0.25, -0.2) is 0 Å². The standard InChI is InChI=1S/C16H13NO2/c1-2-15(18)14-5-3-4-6-16(14)19-13-9-7-12(11-17)8-10-13/h3-10H,2H2,1H3. The number of rotatable bonds is 4. The fraction of sp³-hybridized carbons (Fsp3) is 0.125. The molecule has 0 radical (unpaired) electrons. The van der Waals surface area contributed by atoms with Crippen molar-refractivity contribution in [1.29, 1.82) is 5.26 Å². The lowest BCUT2D eigenvalue weighted by molar-refractivity contribution is 0.0986. The van der Waals surface area contributed by atoms with Gasteiger partial charge in [-0.2, -0.15) is 5.26 Å². The Labute approximate surface area is 112 Å². The van der Waals surface area contributed by atoms with Gasteiger partial charge < -0.3 is 4.74 Å². The summed E-state index contributed by atoms with van der Waals surface area (Å²) in [4.78, 5) is 11.8. The van der Waals surface area contributed by atoms with Crippen LogP contribution in [-0.4, -0.2) is 5.78 Å². The Morgan fingerprint density at radius 1 is 1.16 bits per heavy atom. The van der Waals surface area contributed by atoms with Crippen molar-refractivity contribution in [2.24, 2.45) is 0 Å². The Morgan fingerprint density at radius 3 is 2.47 bits per heavy atom. The molecule has 0 N–H and O–H groups in total. The summed E-state index contributed by atoms with van der Waals surface area (Å²) in [7, 11) is 0. The summed E-state index contributed by atoms with van der Waals surface area (Å²) in [5.74, 6) is 1.19. The zero-order chi connectivity index (χ0) is 13.7. The van der Waals surface area contributed by atoms with Crippen LogP contribution in [0.25, 0.3) is 0 Å². The van der Waals surface area contributed by atoms with Gasteiger partial charge in [-0.3, -0.25) is 4.79 Å². The fourth-order valence-corrected chi connectivity index (χ4v) is 1.70. The first-order chi connectivity index (χ1) is 9.24. The first-order valence-corrected chi connectivity index (χ1v) is 6.05. The number of hydrogen-bond acceptors (Lipinski definition) is 3. The maximum absolute atomic E-state index is 11.8. The van der Waals surface area contributed by atoms with Crippen molar-refractivity contribution in [3.05, 3.63) is 59.7 Å². The van der Waals surface area contributed by atoms with Crippen LogP contribution in [0, 0.1) is 11.3 Å². The third-order valence-electron chi connectivity index (χ3n) is 2.72. The molecule has 0 bridgehead atoms. The van der Waals surface area contributed by atoms with Gasteiger partial charge in [0, 0.05) is 6.42 Å². The van der Waals surface area contributed by atoms with Crippen LogP contribution >= 0.6 is 0 Å². The number of para-hydroxylation sites is 1. The van der Waals surface area contributed by atoms with Gasteiger partial charge in [0.05, 0.1) is 17.2 Å². The molecule has 2 rings (SSSR count). The Bertz CT molecular complexity index is 624. The molecule has 0 aliphatic rings. The Kier molecular flexibility index (Phi) is 3.94. The van der Waals surface area contributed by atoms with E-state index in [0.29, 0.717) is 29.0 Å². The minimum absolute atomic E-state index is 0.0456. The summed E-state index contributed by atoms with van der Waals surface area (Å²) in [6.07, 6.45) is 0.438. The van der Waals surface area contributed by atoms with Gasteiger partial charge in [-0.1, -0.05) is 19.1 Å². The molecule has 0 aliphatic heterocycles. The molecule has 19 heavy (non-hydrogen) atoms. The van der Waals surface area contributed by atoms with Gasteiger partial charge >= 0.3 is 0 Å². The molecule has 0 saturated heterocycles. The van der Waals surface area contributed by atoms with Crippen LogP contribution < -0.4 is 4.74 Å². The lowest BCUT2D eigenvalue weighted by Gasteiger charge is -2.09. The minimum atomic E-state index is 0.0456. The number of hydrogen-bond donors (Lipinski definition) is 0. The van der Waals surface area contributed by atoms with Crippen LogP contribution in [0.2, 0.25) is 0 Å². The van der Waals surface area contributed by atoms with E-state index in [1.54, 1.807) is 36.4 Å². The monoisotopic (exact) mass is 251 g/mol. The number of carbonyl (C=O) groups excluding carboxylic acids is 1. The third kappa shape index (κ3) is 2.99.